The molecule has 1 aliphatic carbocycles. The second kappa shape index (κ2) is 16.2. The van der Waals surface area contributed by atoms with Crippen molar-refractivity contribution >= 4 is 41.0 Å². The number of rotatable bonds is 10. The van der Waals surface area contributed by atoms with Gasteiger partial charge >= 0.3 is 6.01 Å². The maximum absolute atomic E-state index is 10.2. The summed E-state index contributed by atoms with van der Waals surface area (Å²) in [7, 11) is -3.01. The summed E-state index contributed by atoms with van der Waals surface area (Å²) in [4.78, 5) is 25.8. The normalized spacial score (nSPS) is 23.5. The highest BCUT2D eigenvalue weighted by molar-refractivity contribution is 7.16. The molecule has 10 rings (SSSR count). The summed E-state index contributed by atoms with van der Waals surface area (Å²) in [5.74, 6) is 1.24. The lowest BCUT2D eigenvalue weighted by Gasteiger charge is -2.48. The molecule has 3 aromatic carbocycles. The van der Waals surface area contributed by atoms with Crippen molar-refractivity contribution in [1.82, 2.24) is 30.0 Å². The Bertz CT molecular complexity index is 2680. The molecule has 3 aromatic heterocycles. The Morgan fingerprint density at radius 3 is 2.36 bits per heavy atom. The van der Waals surface area contributed by atoms with E-state index in [0.29, 0.717) is 55.3 Å². The third-order valence-corrected chi connectivity index (χ3v) is 20.2. The van der Waals surface area contributed by atoms with Gasteiger partial charge in [-0.25, -0.2) is 0 Å². The molecule has 0 unspecified atom stereocenters. The van der Waals surface area contributed by atoms with Crippen LogP contribution in [-0.4, -0.2) is 83.4 Å². The summed E-state index contributed by atoms with van der Waals surface area (Å²) in [6.45, 7) is 15.1. The van der Waals surface area contributed by atoms with Crippen molar-refractivity contribution in [2.75, 3.05) is 50.1 Å². The standard InChI is InChI=1S/C49H55N9O4SSi/c1-46(2,3)64(34-17-8-6-9-18-34,35-19-10-7-11-20-35)62-47(4)30-57(26-27-59-31-47)44-53-41(42-52-43(61-56-42)48(5)23-14-22-38-39(48)36(28-50)40(51)63-38)54-45(55-44)60-32-49-24-15-25-58(49)29-33-16-12-13-21-37(33)49/h6-13,16-21H,14-15,22-27,29-32,51H2,1-5H3/t47-,48+,49+/m1/s1. The van der Waals surface area contributed by atoms with Crippen molar-refractivity contribution in [2.24, 2.45) is 0 Å². The molecule has 2 fully saturated rings. The maximum Gasteiger partial charge on any atom is 0.321 e. The van der Waals surface area contributed by atoms with Gasteiger partial charge in [0.15, 0.2) is 0 Å². The van der Waals surface area contributed by atoms with E-state index in [9.17, 15) is 5.26 Å². The second-order valence-corrected chi connectivity index (χ2v) is 24.7. The summed E-state index contributed by atoms with van der Waals surface area (Å²) in [6.07, 6.45) is 4.53. The summed E-state index contributed by atoms with van der Waals surface area (Å²) in [5.41, 5.74) is 8.58. The highest BCUT2D eigenvalue weighted by Crippen LogP contribution is 2.49. The first-order valence-corrected chi connectivity index (χ1v) is 25.1. The molecular formula is C49H55N9O4SSi. The molecule has 3 aliphatic heterocycles. The van der Waals surface area contributed by atoms with Crippen LogP contribution in [0.4, 0.5) is 10.9 Å². The molecule has 6 heterocycles. The van der Waals surface area contributed by atoms with E-state index in [1.165, 1.54) is 32.8 Å². The van der Waals surface area contributed by atoms with Crippen LogP contribution < -0.4 is 25.7 Å². The zero-order chi connectivity index (χ0) is 44.3. The first-order valence-electron chi connectivity index (χ1n) is 22.4. The number of nitrogen functional groups attached to an aromatic ring is 1. The Labute approximate surface area is 379 Å². The molecule has 64 heavy (non-hydrogen) atoms. The fourth-order valence-electron chi connectivity index (χ4n) is 11.0. The van der Waals surface area contributed by atoms with E-state index in [4.69, 9.17) is 44.1 Å². The molecule has 0 bridgehead atoms. The zero-order valence-electron chi connectivity index (χ0n) is 37.3. The van der Waals surface area contributed by atoms with Crippen LogP contribution in [0.2, 0.25) is 5.04 Å². The summed E-state index contributed by atoms with van der Waals surface area (Å²) in [6, 6.07) is 32.6. The highest BCUT2D eigenvalue weighted by Gasteiger charge is 2.55. The van der Waals surface area contributed by atoms with Gasteiger partial charge in [0.1, 0.15) is 17.7 Å². The lowest BCUT2D eigenvalue weighted by molar-refractivity contribution is -0.000401. The monoisotopic (exact) mass is 893 g/mol. The second-order valence-electron chi connectivity index (χ2n) is 19.3. The van der Waals surface area contributed by atoms with Crippen LogP contribution in [0.3, 0.4) is 0 Å². The minimum atomic E-state index is -3.01. The average molecular weight is 894 g/mol. The van der Waals surface area contributed by atoms with Crippen molar-refractivity contribution in [3.63, 3.8) is 0 Å². The van der Waals surface area contributed by atoms with Gasteiger partial charge < -0.3 is 29.1 Å². The topological polar surface area (TPSA) is 162 Å². The number of nitriles is 1. The fraction of sp³-hybridized carbons (Fsp3) is 0.429. The lowest BCUT2D eigenvalue weighted by Crippen LogP contribution is -2.70. The van der Waals surface area contributed by atoms with Gasteiger partial charge in [0.05, 0.1) is 41.9 Å². The zero-order valence-corrected chi connectivity index (χ0v) is 39.1. The lowest BCUT2D eigenvalue weighted by atomic mass is 9.72. The summed E-state index contributed by atoms with van der Waals surface area (Å²) >= 11 is 1.47. The van der Waals surface area contributed by atoms with Crippen LogP contribution in [0.5, 0.6) is 6.01 Å². The van der Waals surface area contributed by atoms with Gasteiger partial charge in [-0.15, -0.1) is 11.3 Å². The van der Waals surface area contributed by atoms with Gasteiger partial charge in [0, 0.05) is 23.5 Å². The molecule has 3 atom stereocenters. The molecule has 2 saturated heterocycles. The highest BCUT2D eigenvalue weighted by atomic mass is 32.1. The molecule has 330 valence electrons. The van der Waals surface area contributed by atoms with Crippen molar-refractivity contribution in [1.29, 1.82) is 5.26 Å². The quantitative estimate of drug-likeness (QED) is 0.138. The number of nitrogens with zero attached hydrogens (tertiary/aromatic N) is 8. The molecule has 6 aromatic rings. The number of hydrogen-bond donors (Lipinski definition) is 1. The minimum absolute atomic E-state index is 0.181. The molecule has 0 spiro atoms. The van der Waals surface area contributed by atoms with Crippen LogP contribution in [0, 0.1) is 11.3 Å². The van der Waals surface area contributed by atoms with Crippen molar-refractivity contribution in [3.05, 3.63) is 118 Å². The number of fused-ring (bicyclic) bond motifs is 4. The number of anilines is 2. The predicted octanol–water partition coefficient (Wildman–Crippen LogP) is 7.13. The van der Waals surface area contributed by atoms with Crippen molar-refractivity contribution < 1.29 is 18.4 Å². The van der Waals surface area contributed by atoms with Crippen LogP contribution in [-0.2, 0) is 33.1 Å². The van der Waals surface area contributed by atoms with E-state index in [1.807, 2.05) is 0 Å². The van der Waals surface area contributed by atoms with E-state index in [1.54, 1.807) is 0 Å². The van der Waals surface area contributed by atoms with E-state index < -0.39 is 19.3 Å². The Morgan fingerprint density at radius 1 is 0.891 bits per heavy atom. The maximum atomic E-state index is 10.2. The first-order chi connectivity index (χ1) is 30.9. The molecule has 4 aliphatic rings. The minimum Gasteiger partial charge on any atom is -0.461 e. The van der Waals surface area contributed by atoms with Crippen LogP contribution in [0.15, 0.2) is 89.5 Å². The van der Waals surface area contributed by atoms with Gasteiger partial charge in [-0.05, 0) is 79.0 Å². The third kappa shape index (κ3) is 7.10. The van der Waals surface area contributed by atoms with Crippen LogP contribution >= 0.6 is 11.3 Å². The van der Waals surface area contributed by atoms with E-state index in [-0.39, 0.29) is 28.2 Å². The molecule has 0 saturated carbocycles. The molecule has 13 nitrogen and oxygen atoms in total. The molecule has 0 amide bonds. The van der Waals surface area contributed by atoms with Gasteiger partial charge in [0.2, 0.25) is 23.5 Å². The fourth-order valence-corrected chi connectivity index (χ4v) is 16.9. The molecule has 15 heteroatoms. The molecule has 2 N–H and O–H groups in total. The van der Waals surface area contributed by atoms with Gasteiger partial charge in [-0.3, -0.25) is 4.90 Å². The van der Waals surface area contributed by atoms with Crippen molar-refractivity contribution in [2.45, 2.75) is 94.9 Å². The number of thiophene rings is 1. The smallest absolute Gasteiger partial charge is 0.321 e. The number of aryl methyl sites for hydroxylation is 1. The third-order valence-electron chi connectivity index (χ3n) is 13.9. The average Bonchev–Trinajstić information content (AvgIpc) is 4.06. The number of nitrogens with two attached hydrogens (primary N) is 1. The van der Waals surface area contributed by atoms with E-state index in [0.717, 1.165) is 55.6 Å². The van der Waals surface area contributed by atoms with E-state index in [2.05, 4.69) is 141 Å². The first kappa shape index (κ1) is 42.4. The van der Waals surface area contributed by atoms with Crippen molar-refractivity contribution in [3.8, 4) is 23.7 Å². The van der Waals surface area contributed by atoms with Gasteiger partial charge in [-0.1, -0.05) is 111 Å². The van der Waals surface area contributed by atoms with E-state index >= 15 is 0 Å². The molecule has 0 radical (unpaired) electrons. The molecular weight excluding hydrogens is 839 g/mol. The van der Waals surface area contributed by atoms with Crippen LogP contribution in [0.1, 0.15) is 93.3 Å². The summed E-state index contributed by atoms with van der Waals surface area (Å²) in [5, 5.41) is 17.3. The van der Waals surface area contributed by atoms with Crippen LogP contribution in [0.25, 0.3) is 11.6 Å². The van der Waals surface area contributed by atoms with Gasteiger partial charge in [0.25, 0.3) is 8.32 Å². The largest absolute Gasteiger partial charge is 0.461 e. The SMILES string of the molecule is CC(C)(C)[Si](O[C@@]1(C)COCCN(c2nc(OC[C@]34CCCN3Cc3ccccc34)nc(-c3noc([C@@]4(C)CCCc5sc(N)c(C#N)c54)n3)n2)C1)(c1ccccc1)c1ccccc1. The number of hydrogen-bond acceptors (Lipinski definition) is 14. The van der Waals surface area contributed by atoms with Gasteiger partial charge in [-0.2, -0.15) is 25.2 Å². The number of aromatic nitrogens is 5. The predicted molar refractivity (Wildman–Crippen MR) is 249 cm³/mol. The number of benzene rings is 3. The Balaban J connectivity index is 1.04. The number of ether oxygens (including phenoxy) is 2. The Morgan fingerprint density at radius 2 is 1.62 bits per heavy atom. The summed E-state index contributed by atoms with van der Waals surface area (Å²) < 4.78 is 27.1. The Hall–Kier alpha value is -5.50. The Kier molecular flexibility index (Phi) is 10.7.